The fourth-order valence-corrected chi connectivity index (χ4v) is 1.71. The highest BCUT2D eigenvalue weighted by Crippen LogP contribution is 2.27. The number of nitrogens with two attached hydrogens (primary N) is 1. The highest BCUT2D eigenvalue weighted by molar-refractivity contribution is 5.90. The monoisotopic (exact) mass is 295 g/mol. The highest BCUT2D eigenvalue weighted by Gasteiger charge is 2.26. The van der Waals surface area contributed by atoms with Crippen molar-refractivity contribution in [3.8, 4) is 5.75 Å². The summed E-state index contributed by atoms with van der Waals surface area (Å²) in [5.74, 6) is -0.728. The number of carbonyl (C=O) groups excluding carboxylic acids is 2. The lowest BCUT2D eigenvalue weighted by molar-refractivity contribution is -0.156. The van der Waals surface area contributed by atoms with Crippen LogP contribution in [-0.4, -0.2) is 31.8 Å². The molecule has 2 N–H and O–H groups in total. The molecule has 1 unspecified atom stereocenters. The van der Waals surface area contributed by atoms with Crippen molar-refractivity contribution < 1.29 is 23.8 Å². The summed E-state index contributed by atoms with van der Waals surface area (Å²) in [4.78, 5) is 23.5. The third kappa shape index (κ3) is 4.46. The number of hydrogen-bond donors (Lipinski definition) is 1. The number of esters is 2. The third-order valence-electron chi connectivity index (χ3n) is 2.65. The van der Waals surface area contributed by atoms with Gasteiger partial charge >= 0.3 is 11.9 Å². The number of rotatable bonds is 4. The van der Waals surface area contributed by atoms with Gasteiger partial charge in [0.15, 0.2) is 0 Å². The van der Waals surface area contributed by atoms with Gasteiger partial charge in [0.2, 0.25) is 0 Å². The Labute approximate surface area is 124 Å². The zero-order valence-electron chi connectivity index (χ0n) is 12.9. The van der Waals surface area contributed by atoms with Crippen molar-refractivity contribution in [3.05, 3.63) is 29.3 Å². The molecule has 0 aliphatic heterocycles. The van der Waals surface area contributed by atoms with E-state index in [1.165, 1.54) is 26.4 Å². The van der Waals surface area contributed by atoms with Gasteiger partial charge in [0.05, 0.1) is 19.8 Å². The second-order valence-corrected chi connectivity index (χ2v) is 5.46. The van der Waals surface area contributed by atoms with Crippen LogP contribution in [0.2, 0.25) is 0 Å². The summed E-state index contributed by atoms with van der Waals surface area (Å²) in [6.45, 7) is 5.28. The smallest absolute Gasteiger partial charge is 0.337 e. The molecule has 1 rings (SSSR count). The number of carbonyl (C=O) groups is 2. The molecule has 0 saturated heterocycles. The molecule has 0 saturated carbocycles. The molecule has 0 aromatic heterocycles. The van der Waals surface area contributed by atoms with Crippen LogP contribution in [-0.2, 0) is 14.3 Å². The molecular weight excluding hydrogens is 274 g/mol. The van der Waals surface area contributed by atoms with Gasteiger partial charge in [-0.05, 0) is 32.9 Å². The molecular formula is C15H21NO5. The van der Waals surface area contributed by atoms with Crippen LogP contribution >= 0.6 is 0 Å². The van der Waals surface area contributed by atoms with E-state index in [0.717, 1.165) is 0 Å². The first-order valence-corrected chi connectivity index (χ1v) is 6.44. The molecule has 6 nitrogen and oxygen atoms in total. The van der Waals surface area contributed by atoms with E-state index in [1.54, 1.807) is 26.8 Å². The molecule has 116 valence electrons. The molecule has 1 atom stereocenters. The van der Waals surface area contributed by atoms with E-state index >= 15 is 0 Å². The summed E-state index contributed by atoms with van der Waals surface area (Å²) in [6.07, 6.45) is 0. The minimum Gasteiger partial charge on any atom is -0.496 e. The molecule has 0 amide bonds. The maximum absolute atomic E-state index is 12.0. The Hall–Kier alpha value is -2.08. The summed E-state index contributed by atoms with van der Waals surface area (Å²) in [5, 5.41) is 0. The molecule has 0 radical (unpaired) electrons. The van der Waals surface area contributed by atoms with Gasteiger partial charge in [-0.2, -0.15) is 0 Å². The maximum Gasteiger partial charge on any atom is 0.337 e. The van der Waals surface area contributed by atoms with Gasteiger partial charge in [-0.1, -0.05) is 6.07 Å². The summed E-state index contributed by atoms with van der Waals surface area (Å²) >= 11 is 0. The van der Waals surface area contributed by atoms with Crippen molar-refractivity contribution in [1.29, 1.82) is 0 Å². The van der Waals surface area contributed by atoms with Crippen LogP contribution in [0.15, 0.2) is 18.2 Å². The van der Waals surface area contributed by atoms with Crippen molar-refractivity contribution >= 4 is 11.9 Å². The molecule has 0 spiro atoms. The normalized spacial score (nSPS) is 12.5. The van der Waals surface area contributed by atoms with Gasteiger partial charge in [0.1, 0.15) is 17.4 Å². The summed E-state index contributed by atoms with van der Waals surface area (Å²) in [7, 11) is 2.72. The molecule has 1 aromatic rings. The average Bonchev–Trinajstić information content (AvgIpc) is 2.43. The first kappa shape index (κ1) is 17.0. The van der Waals surface area contributed by atoms with E-state index in [4.69, 9.17) is 15.2 Å². The zero-order valence-corrected chi connectivity index (χ0v) is 12.9. The van der Waals surface area contributed by atoms with E-state index < -0.39 is 23.6 Å². The molecule has 0 fully saturated rings. The molecule has 6 heteroatoms. The Morgan fingerprint density at radius 1 is 1.19 bits per heavy atom. The van der Waals surface area contributed by atoms with Gasteiger partial charge < -0.3 is 19.9 Å². The predicted octanol–water partition coefficient (Wildman–Crippen LogP) is 1.82. The van der Waals surface area contributed by atoms with Crippen LogP contribution in [0, 0.1) is 0 Å². The Kier molecular flexibility index (Phi) is 5.32. The maximum atomic E-state index is 12.0. The standard InChI is InChI=1S/C15H21NO5/c1-15(2,3)21-14(18)12(16)10-7-6-9(13(17)20-5)8-11(10)19-4/h6-8,12H,16H2,1-5H3. The van der Waals surface area contributed by atoms with Crippen molar-refractivity contribution in [3.63, 3.8) is 0 Å². The SMILES string of the molecule is COC(=O)c1ccc(C(N)C(=O)OC(C)(C)C)c(OC)c1. The number of benzene rings is 1. The van der Waals surface area contributed by atoms with Crippen LogP contribution < -0.4 is 10.5 Å². The second kappa shape index (κ2) is 6.58. The van der Waals surface area contributed by atoms with Crippen molar-refractivity contribution in [2.24, 2.45) is 5.73 Å². The van der Waals surface area contributed by atoms with E-state index in [9.17, 15) is 9.59 Å². The summed E-state index contributed by atoms with van der Waals surface area (Å²) < 4.78 is 15.1. The Balaban J connectivity index is 3.07. The number of ether oxygens (including phenoxy) is 3. The Morgan fingerprint density at radius 3 is 2.29 bits per heavy atom. The van der Waals surface area contributed by atoms with Gasteiger partial charge in [0.25, 0.3) is 0 Å². The van der Waals surface area contributed by atoms with Crippen LogP contribution in [0.3, 0.4) is 0 Å². The first-order chi connectivity index (χ1) is 9.69. The quantitative estimate of drug-likeness (QED) is 0.852. The zero-order chi connectivity index (χ0) is 16.2. The van der Waals surface area contributed by atoms with Gasteiger partial charge in [-0.3, -0.25) is 0 Å². The lowest BCUT2D eigenvalue weighted by Gasteiger charge is -2.23. The molecule has 1 aromatic carbocycles. The molecule has 0 heterocycles. The van der Waals surface area contributed by atoms with E-state index in [-0.39, 0.29) is 0 Å². The first-order valence-electron chi connectivity index (χ1n) is 6.44. The van der Waals surface area contributed by atoms with Crippen LogP contribution in [0.5, 0.6) is 5.75 Å². The molecule has 0 aliphatic rings. The van der Waals surface area contributed by atoms with Gasteiger partial charge in [-0.25, -0.2) is 9.59 Å². The van der Waals surface area contributed by atoms with Crippen LogP contribution in [0.1, 0.15) is 42.7 Å². The predicted molar refractivity (Wildman–Crippen MR) is 77.1 cm³/mol. The lowest BCUT2D eigenvalue weighted by Crippen LogP contribution is -2.31. The minimum absolute atomic E-state index is 0.314. The van der Waals surface area contributed by atoms with Gasteiger partial charge in [0, 0.05) is 5.56 Å². The van der Waals surface area contributed by atoms with Crippen molar-refractivity contribution in [2.75, 3.05) is 14.2 Å². The van der Waals surface area contributed by atoms with Crippen LogP contribution in [0.25, 0.3) is 0 Å². The van der Waals surface area contributed by atoms with E-state index in [0.29, 0.717) is 16.9 Å². The molecule has 21 heavy (non-hydrogen) atoms. The largest absolute Gasteiger partial charge is 0.496 e. The van der Waals surface area contributed by atoms with E-state index in [1.807, 2.05) is 0 Å². The lowest BCUT2D eigenvalue weighted by atomic mass is 10.0. The molecule has 0 bridgehead atoms. The average molecular weight is 295 g/mol. The number of hydrogen-bond acceptors (Lipinski definition) is 6. The Bertz CT molecular complexity index is 533. The Morgan fingerprint density at radius 2 is 1.81 bits per heavy atom. The fraction of sp³-hybridized carbons (Fsp3) is 0.467. The van der Waals surface area contributed by atoms with E-state index in [2.05, 4.69) is 4.74 Å². The summed E-state index contributed by atoms with van der Waals surface area (Å²) in [5.41, 5.74) is 6.04. The summed E-state index contributed by atoms with van der Waals surface area (Å²) in [6, 6.07) is 3.56. The van der Waals surface area contributed by atoms with Crippen molar-refractivity contribution in [1.82, 2.24) is 0 Å². The molecule has 0 aliphatic carbocycles. The second-order valence-electron chi connectivity index (χ2n) is 5.46. The van der Waals surface area contributed by atoms with Gasteiger partial charge in [-0.15, -0.1) is 0 Å². The third-order valence-corrected chi connectivity index (χ3v) is 2.65. The topological polar surface area (TPSA) is 87.9 Å². The van der Waals surface area contributed by atoms with Crippen molar-refractivity contribution in [2.45, 2.75) is 32.4 Å². The number of methoxy groups -OCH3 is 2. The fourth-order valence-electron chi connectivity index (χ4n) is 1.71. The minimum atomic E-state index is -0.995. The van der Waals surface area contributed by atoms with Crippen LogP contribution in [0.4, 0.5) is 0 Å². The highest BCUT2D eigenvalue weighted by atomic mass is 16.6.